The molecular formula is C16H25N3O4. The van der Waals surface area contributed by atoms with Crippen molar-refractivity contribution < 1.29 is 19.3 Å². The zero-order chi connectivity index (χ0) is 17.4. The summed E-state index contributed by atoms with van der Waals surface area (Å²) in [6.45, 7) is 5.69. The van der Waals surface area contributed by atoms with Gasteiger partial charge in [-0.15, -0.1) is 0 Å². The highest BCUT2D eigenvalue weighted by Crippen LogP contribution is 2.18. The van der Waals surface area contributed by atoms with E-state index < -0.39 is 18.7 Å². The summed E-state index contributed by atoms with van der Waals surface area (Å²) < 4.78 is 4.94. The summed E-state index contributed by atoms with van der Waals surface area (Å²) in [5.74, 6) is -0.255. The molecular weight excluding hydrogens is 298 g/mol. The topological polar surface area (TPSA) is 77.2 Å². The molecule has 0 amide bonds. The number of rotatable bonds is 8. The lowest BCUT2D eigenvalue weighted by molar-refractivity contribution is -0.700. The van der Waals surface area contributed by atoms with E-state index in [0.717, 1.165) is 12.0 Å². The van der Waals surface area contributed by atoms with Crippen molar-refractivity contribution in [3.05, 3.63) is 40.6 Å². The molecule has 1 aromatic carbocycles. The Morgan fingerprint density at radius 3 is 2.39 bits per heavy atom. The first-order valence-electron chi connectivity index (χ1n) is 7.54. The van der Waals surface area contributed by atoms with Crippen LogP contribution in [-0.4, -0.2) is 36.8 Å². The molecule has 1 unspecified atom stereocenters. The Labute approximate surface area is 137 Å². The van der Waals surface area contributed by atoms with E-state index in [2.05, 4.69) is 24.0 Å². The van der Waals surface area contributed by atoms with Crippen LogP contribution < -0.4 is 0 Å². The van der Waals surface area contributed by atoms with E-state index in [4.69, 9.17) is 4.74 Å². The van der Waals surface area contributed by atoms with Crippen LogP contribution in [0.15, 0.2) is 29.5 Å². The quantitative estimate of drug-likeness (QED) is 0.184. The molecule has 1 rings (SSSR count). The van der Waals surface area contributed by atoms with Gasteiger partial charge in [-0.1, -0.05) is 38.1 Å². The molecule has 0 bridgehead atoms. The number of benzene rings is 1. The van der Waals surface area contributed by atoms with Crippen LogP contribution in [0.1, 0.15) is 37.8 Å². The van der Waals surface area contributed by atoms with Crippen LogP contribution in [0.4, 0.5) is 0 Å². The van der Waals surface area contributed by atoms with E-state index in [-0.39, 0.29) is 4.97 Å². The first-order valence-corrected chi connectivity index (χ1v) is 7.54. The predicted molar refractivity (Wildman–Crippen MR) is 85.2 cm³/mol. The van der Waals surface area contributed by atoms with Crippen molar-refractivity contribution in [2.45, 2.75) is 33.1 Å². The first kappa shape index (κ1) is 18.7. The standard InChI is InChI=1S/C16H25N3O4/c1-12(2)10-14-6-8-15(9-7-14)13(3)16(20)22-11-23-17-19(21)18(4)5/h6-9,12-13H,10-11H2,1-5H3/b19-17-. The molecule has 128 valence electrons. The highest BCUT2D eigenvalue weighted by molar-refractivity contribution is 5.77. The van der Waals surface area contributed by atoms with Gasteiger partial charge in [0.2, 0.25) is 5.28 Å². The molecule has 0 spiro atoms. The number of carbonyl (C=O) groups is 1. The Bertz CT molecular complexity index is 527. The molecule has 0 saturated carbocycles. The maximum atomic E-state index is 11.9. The fourth-order valence-corrected chi connectivity index (χ4v) is 1.91. The van der Waals surface area contributed by atoms with E-state index in [1.807, 2.05) is 24.3 Å². The third kappa shape index (κ3) is 6.54. The Balaban J connectivity index is 2.48. The second-order valence-corrected chi connectivity index (χ2v) is 5.95. The van der Waals surface area contributed by atoms with Gasteiger partial charge < -0.3 is 14.8 Å². The van der Waals surface area contributed by atoms with Crippen molar-refractivity contribution in [3.8, 4) is 0 Å². The normalized spacial score (nSPS) is 12.9. The van der Waals surface area contributed by atoms with E-state index in [9.17, 15) is 10.0 Å². The average Bonchev–Trinajstić information content (AvgIpc) is 2.50. The number of hydrogen-bond donors (Lipinski definition) is 0. The molecule has 23 heavy (non-hydrogen) atoms. The highest BCUT2D eigenvalue weighted by Gasteiger charge is 2.17. The summed E-state index contributed by atoms with van der Waals surface area (Å²) in [5.41, 5.74) is 2.11. The van der Waals surface area contributed by atoms with Gasteiger partial charge in [0.05, 0.1) is 25.0 Å². The third-order valence-corrected chi connectivity index (χ3v) is 3.20. The Morgan fingerprint density at radius 2 is 1.87 bits per heavy atom. The summed E-state index contributed by atoms with van der Waals surface area (Å²) in [7, 11) is 3.02. The molecule has 0 saturated heterocycles. The second kappa shape index (κ2) is 8.97. The summed E-state index contributed by atoms with van der Waals surface area (Å²) in [6.07, 6.45) is 1.01. The number of hydrazine groups is 1. The molecule has 0 N–H and O–H groups in total. The molecule has 0 aliphatic heterocycles. The predicted octanol–water partition coefficient (Wildman–Crippen LogP) is 2.86. The van der Waals surface area contributed by atoms with Gasteiger partial charge >= 0.3 is 5.97 Å². The molecule has 1 aromatic rings. The molecule has 0 heterocycles. The SMILES string of the molecule is CC(C)Cc1ccc(C(C)C(=O)OCO/N=[N+](\[O-])N(C)C)cc1. The van der Waals surface area contributed by atoms with Gasteiger partial charge in [0.15, 0.2) is 0 Å². The van der Waals surface area contributed by atoms with Gasteiger partial charge in [0, 0.05) is 0 Å². The largest absolute Gasteiger partial charge is 0.569 e. The Kier molecular flexibility index (Phi) is 7.31. The average molecular weight is 323 g/mol. The van der Waals surface area contributed by atoms with Crippen LogP contribution in [0.2, 0.25) is 0 Å². The monoisotopic (exact) mass is 323 g/mol. The number of nitrogens with zero attached hydrogens (tertiary/aromatic N) is 3. The minimum atomic E-state index is -0.431. The number of hydrogen-bond acceptors (Lipinski definition) is 5. The van der Waals surface area contributed by atoms with Crippen LogP contribution >= 0.6 is 0 Å². The zero-order valence-corrected chi connectivity index (χ0v) is 14.4. The lowest BCUT2D eigenvalue weighted by atomic mass is 9.97. The maximum Gasteiger partial charge on any atom is 0.316 e. The third-order valence-electron chi connectivity index (χ3n) is 3.20. The fraction of sp³-hybridized carbons (Fsp3) is 0.562. The highest BCUT2D eigenvalue weighted by atomic mass is 16.8. The maximum absolute atomic E-state index is 11.9. The van der Waals surface area contributed by atoms with Crippen molar-refractivity contribution in [2.24, 2.45) is 11.2 Å². The molecule has 0 radical (unpaired) electrons. The molecule has 1 atom stereocenters. The molecule has 0 fully saturated rings. The number of carbonyl (C=O) groups excluding carboxylic acids is 1. The Hall–Kier alpha value is -2.31. The van der Waals surface area contributed by atoms with Crippen LogP contribution in [0.3, 0.4) is 0 Å². The fourth-order valence-electron chi connectivity index (χ4n) is 1.91. The van der Waals surface area contributed by atoms with Gasteiger partial charge in [-0.25, -0.2) is 0 Å². The minimum Gasteiger partial charge on any atom is -0.569 e. The van der Waals surface area contributed by atoms with Crippen LogP contribution in [0.25, 0.3) is 0 Å². The number of esters is 1. The van der Waals surface area contributed by atoms with Gasteiger partial charge in [-0.05, 0) is 30.4 Å². The van der Waals surface area contributed by atoms with E-state index in [1.165, 1.54) is 24.7 Å². The van der Waals surface area contributed by atoms with Crippen LogP contribution in [0.5, 0.6) is 0 Å². The molecule has 7 nitrogen and oxygen atoms in total. The lowest BCUT2D eigenvalue weighted by Gasteiger charge is -2.12. The van der Waals surface area contributed by atoms with Crippen LogP contribution in [-0.2, 0) is 20.8 Å². The van der Waals surface area contributed by atoms with Crippen molar-refractivity contribution in [1.29, 1.82) is 0 Å². The lowest BCUT2D eigenvalue weighted by Crippen LogP contribution is -2.21. The van der Waals surface area contributed by atoms with E-state index >= 15 is 0 Å². The van der Waals surface area contributed by atoms with Gasteiger partial charge in [-0.3, -0.25) is 4.79 Å². The van der Waals surface area contributed by atoms with Crippen molar-refractivity contribution >= 4 is 5.97 Å². The van der Waals surface area contributed by atoms with Crippen molar-refractivity contribution in [1.82, 2.24) is 5.01 Å². The van der Waals surface area contributed by atoms with Gasteiger partial charge in [0.25, 0.3) is 6.79 Å². The molecule has 0 aromatic heterocycles. The van der Waals surface area contributed by atoms with E-state index in [1.54, 1.807) is 6.92 Å². The van der Waals surface area contributed by atoms with Gasteiger partial charge in [0.1, 0.15) is 0 Å². The smallest absolute Gasteiger partial charge is 0.316 e. The molecule has 7 heteroatoms. The van der Waals surface area contributed by atoms with Crippen molar-refractivity contribution in [3.63, 3.8) is 0 Å². The van der Waals surface area contributed by atoms with E-state index in [0.29, 0.717) is 5.92 Å². The zero-order valence-electron chi connectivity index (χ0n) is 14.4. The molecule has 0 aliphatic carbocycles. The van der Waals surface area contributed by atoms with Gasteiger partial charge in [-0.2, -0.15) is 5.01 Å². The summed E-state index contributed by atoms with van der Waals surface area (Å²) in [4.78, 5) is 16.8. The van der Waals surface area contributed by atoms with Crippen LogP contribution in [0, 0.1) is 11.1 Å². The summed E-state index contributed by atoms with van der Waals surface area (Å²) >= 11 is 0. The molecule has 0 aliphatic rings. The Morgan fingerprint density at radius 1 is 1.26 bits per heavy atom. The first-order chi connectivity index (χ1) is 10.8. The minimum absolute atomic E-state index is 0.241. The second-order valence-electron chi connectivity index (χ2n) is 5.95. The number of ether oxygens (including phenoxy) is 1. The van der Waals surface area contributed by atoms with Crippen molar-refractivity contribution in [2.75, 3.05) is 20.9 Å². The summed E-state index contributed by atoms with van der Waals surface area (Å²) in [6, 6.07) is 7.91. The summed E-state index contributed by atoms with van der Waals surface area (Å²) in [5, 5.41) is 15.4.